The highest BCUT2D eigenvalue weighted by molar-refractivity contribution is 5.95. The Kier molecular flexibility index (Phi) is 9.42. The molecule has 43 heavy (non-hydrogen) atoms. The van der Waals surface area contributed by atoms with E-state index in [0.717, 1.165) is 53.8 Å². The van der Waals surface area contributed by atoms with Crippen molar-refractivity contribution in [2.24, 2.45) is 17.1 Å². The van der Waals surface area contributed by atoms with Crippen molar-refractivity contribution in [3.63, 3.8) is 0 Å². The number of aliphatic carboxylic acids is 1. The molecule has 232 valence electrons. The van der Waals surface area contributed by atoms with Crippen LogP contribution >= 0.6 is 0 Å². The standard InChI is InChI=1S/C34H46N4O5/c1-4-5-14-38(26-8-6-7-23(18-26)20-35)30(39)22-37-21-27(24-9-10-29-25(19-24)12-17-43-29)31(32(40)41)28(37)11-15-36-16-13-34(2,3)33(36)42/h6-10,18-19,27-28,31H,4-5,11-17,20-22,35H2,1-3H3,(H,40,41)/t27-,28+,31-/m1/s1. The van der Waals surface area contributed by atoms with Crippen molar-refractivity contribution in [1.82, 2.24) is 9.80 Å². The molecule has 3 heterocycles. The highest BCUT2D eigenvalue weighted by Gasteiger charge is 2.48. The number of amides is 2. The maximum absolute atomic E-state index is 14.0. The third kappa shape index (κ3) is 6.58. The van der Waals surface area contributed by atoms with Crippen molar-refractivity contribution in [3.8, 4) is 5.75 Å². The average molecular weight is 591 g/mol. The van der Waals surface area contributed by atoms with Gasteiger partial charge in [0, 0.05) is 62.2 Å². The average Bonchev–Trinajstić information content (AvgIpc) is 3.67. The zero-order valence-corrected chi connectivity index (χ0v) is 25.8. The zero-order valence-electron chi connectivity index (χ0n) is 25.8. The van der Waals surface area contributed by atoms with Crippen LogP contribution in [0.3, 0.4) is 0 Å². The highest BCUT2D eigenvalue weighted by Crippen LogP contribution is 2.41. The second-order valence-corrected chi connectivity index (χ2v) is 12.9. The second-order valence-electron chi connectivity index (χ2n) is 12.9. The van der Waals surface area contributed by atoms with E-state index in [2.05, 4.69) is 17.9 Å². The van der Waals surface area contributed by atoms with Gasteiger partial charge in [0.2, 0.25) is 11.8 Å². The number of rotatable bonds is 12. The molecule has 0 radical (unpaired) electrons. The maximum Gasteiger partial charge on any atom is 0.308 e. The summed E-state index contributed by atoms with van der Waals surface area (Å²) in [4.78, 5) is 45.8. The van der Waals surface area contributed by atoms with E-state index in [-0.39, 0.29) is 24.3 Å². The van der Waals surface area contributed by atoms with Crippen molar-refractivity contribution in [2.45, 2.75) is 71.4 Å². The molecule has 2 saturated heterocycles. The molecule has 2 aromatic rings. The number of unbranched alkanes of at least 4 members (excludes halogenated alkanes) is 1. The van der Waals surface area contributed by atoms with Gasteiger partial charge in [0.05, 0.1) is 19.1 Å². The Morgan fingerprint density at radius 1 is 1.19 bits per heavy atom. The van der Waals surface area contributed by atoms with Crippen molar-refractivity contribution in [2.75, 3.05) is 44.2 Å². The van der Waals surface area contributed by atoms with Gasteiger partial charge in [0.25, 0.3) is 0 Å². The summed E-state index contributed by atoms with van der Waals surface area (Å²) in [5, 5.41) is 10.6. The summed E-state index contributed by atoms with van der Waals surface area (Å²) in [5.74, 6) is -0.939. The van der Waals surface area contributed by atoms with Gasteiger partial charge in [0.1, 0.15) is 5.75 Å². The van der Waals surface area contributed by atoms with Crippen molar-refractivity contribution < 1.29 is 24.2 Å². The van der Waals surface area contributed by atoms with Gasteiger partial charge in [-0.25, -0.2) is 0 Å². The Morgan fingerprint density at radius 2 is 2.00 bits per heavy atom. The molecule has 2 amide bonds. The number of nitrogens with two attached hydrogens (primary N) is 1. The molecule has 2 fully saturated rings. The van der Waals surface area contributed by atoms with E-state index in [9.17, 15) is 19.5 Å². The minimum Gasteiger partial charge on any atom is -0.493 e. The molecule has 9 heteroatoms. The van der Waals surface area contributed by atoms with Crippen LogP contribution in [0, 0.1) is 11.3 Å². The van der Waals surface area contributed by atoms with Gasteiger partial charge in [-0.3, -0.25) is 19.3 Å². The fraction of sp³-hybridized carbons (Fsp3) is 0.559. The van der Waals surface area contributed by atoms with E-state index in [1.807, 2.05) is 60.0 Å². The number of ether oxygens (including phenoxy) is 1. The van der Waals surface area contributed by atoms with Crippen molar-refractivity contribution in [3.05, 3.63) is 59.2 Å². The Hall–Kier alpha value is -3.43. The van der Waals surface area contributed by atoms with E-state index in [1.54, 1.807) is 0 Å². The monoisotopic (exact) mass is 590 g/mol. The molecule has 0 aliphatic carbocycles. The number of nitrogens with zero attached hydrogens (tertiary/aromatic N) is 3. The summed E-state index contributed by atoms with van der Waals surface area (Å²) in [6.07, 6.45) is 3.88. The number of carboxylic acid groups (broad SMARTS) is 1. The third-order valence-corrected chi connectivity index (χ3v) is 9.58. The molecule has 9 nitrogen and oxygen atoms in total. The molecule has 3 atom stereocenters. The van der Waals surface area contributed by atoms with Gasteiger partial charge < -0.3 is 25.4 Å². The minimum absolute atomic E-state index is 0.0573. The third-order valence-electron chi connectivity index (χ3n) is 9.58. The molecular weight excluding hydrogens is 544 g/mol. The SMILES string of the molecule is CCCCN(C(=O)CN1C[C@H](c2ccc3c(c2)CCO3)[C@@H](C(=O)O)[C@@H]1CCN1CCC(C)(C)C1=O)c1cccc(CN)c1. The maximum atomic E-state index is 14.0. The van der Waals surface area contributed by atoms with Gasteiger partial charge in [-0.05, 0) is 54.2 Å². The van der Waals surface area contributed by atoms with E-state index in [0.29, 0.717) is 45.8 Å². The highest BCUT2D eigenvalue weighted by atomic mass is 16.5. The Balaban J connectivity index is 1.43. The van der Waals surface area contributed by atoms with Gasteiger partial charge in [-0.1, -0.05) is 51.5 Å². The molecule has 3 aliphatic heterocycles. The summed E-state index contributed by atoms with van der Waals surface area (Å²) in [6, 6.07) is 13.4. The van der Waals surface area contributed by atoms with E-state index in [1.165, 1.54) is 0 Å². The van der Waals surface area contributed by atoms with Crippen LogP contribution in [0.5, 0.6) is 5.75 Å². The van der Waals surface area contributed by atoms with E-state index >= 15 is 0 Å². The number of hydrogen-bond donors (Lipinski definition) is 2. The van der Waals surface area contributed by atoms with Crippen LogP contribution in [0.25, 0.3) is 0 Å². The van der Waals surface area contributed by atoms with Crippen LogP contribution in [0.2, 0.25) is 0 Å². The Labute approximate surface area is 255 Å². The first-order chi connectivity index (χ1) is 20.6. The molecule has 0 bridgehead atoms. The number of fused-ring (bicyclic) bond motifs is 1. The summed E-state index contributed by atoms with van der Waals surface area (Å²) < 4.78 is 5.70. The second kappa shape index (κ2) is 13.1. The summed E-state index contributed by atoms with van der Waals surface area (Å²) in [7, 11) is 0. The van der Waals surface area contributed by atoms with Gasteiger partial charge in [-0.2, -0.15) is 0 Å². The first-order valence-electron chi connectivity index (χ1n) is 15.7. The lowest BCUT2D eigenvalue weighted by atomic mass is 9.83. The summed E-state index contributed by atoms with van der Waals surface area (Å²) in [6.45, 7) is 9.34. The van der Waals surface area contributed by atoms with Crippen LogP contribution in [-0.4, -0.2) is 78.1 Å². The molecule has 0 saturated carbocycles. The molecule has 0 spiro atoms. The Morgan fingerprint density at radius 3 is 2.70 bits per heavy atom. The molecule has 5 rings (SSSR count). The molecule has 3 N–H and O–H groups in total. The summed E-state index contributed by atoms with van der Waals surface area (Å²) in [5.41, 5.74) is 9.34. The van der Waals surface area contributed by atoms with Crippen LogP contribution < -0.4 is 15.4 Å². The van der Waals surface area contributed by atoms with Crippen molar-refractivity contribution in [1.29, 1.82) is 0 Å². The predicted molar refractivity (Wildman–Crippen MR) is 166 cm³/mol. The minimum atomic E-state index is -0.867. The first kappa shape index (κ1) is 31.0. The lowest BCUT2D eigenvalue weighted by Crippen LogP contribution is -2.46. The zero-order chi connectivity index (χ0) is 30.7. The smallest absolute Gasteiger partial charge is 0.308 e. The van der Waals surface area contributed by atoms with Crippen LogP contribution in [0.1, 0.15) is 69.1 Å². The molecule has 2 aromatic carbocycles. The van der Waals surface area contributed by atoms with E-state index in [4.69, 9.17) is 10.5 Å². The number of anilines is 1. The lowest BCUT2D eigenvalue weighted by molar-refractivity contribution is -0.143. The molecule has 0 unspecified atom stereocenters. The fourth-order valence-electron chi connectivity index (χ4n) is 7.00. The first-order valence-corrected chi connectivity index (χ1v) is 15.7. The summed E-state index contributed by atoms with van der Waals surface area (Å²) >= 11 is 0. The Bertz CT molecular complexity index is 1340. The molecule has 0 aromatic heterocycles. The normalized spacial score (nSPS) is 22.9. The van der Waals surface area contributed by atoms with Crippen LogP contribution in [-0.2, 0) is 27.3 Å². The lowest BCUT2D eigenvalue weighted by Gasteiger charge is -2.31. The largest absolute Gasteiger partial charge is 0.493 e. The number of likely N-dealkylation sites (tertiary alicyclic amines) is 2. The fourth-order valence-corrected chi connectivity index (χ4v) is 7.00. The van der Waals surface area contributed by atoms with E-state index < -0.39 is 23.3 Å². The number of carbonyl (C=O) groups is 3. The van der Waals surface area contributed by atoms with Crippen LogP contribution in [0.4, 0.5) is 5.69 Å². The quantitative estimate of drug-likeness (QED) is 0.383. The number of benzene rings is 2. The van der Waals surface area contributed by atoms with Crippen LogP contribution in [0.15, 0.2) is 42.5 Å². The van der Waals surface area contributed by atoms with Gasteiger partial charge >= 0.3 is 5.97 Å². The topological polar surface area (TPSA) is 116 Å². The van der Waals surface area contributed by atoms with Gasteiger partial charge in [0.15, 0.2) is 0 Å². The number of carboxylic acids is 1. The van der Waals surface area contributed by atoms with Gasteiger partial charge in [-0.15, -0.1) is 0 Å². The van der Waals surface area contributed by atoms with Crippen molar-refractivity contribution >= 4 is 23.5 Å². The molecular formula is C34H46N4O5. The number of hydrogen-bond acceptors (Lipinski definition) is 6. The predicted octanol–water partition coefficient (Wildman–Crippen LogP) is 4.03. The number of carbonyl (C=O) groups excluding carboxylic acids is 2. The molecule has 3 aliphatic rings.